The smallest absolute Gasteiger partial charge is 0.408 e. The molecular weight excluding hydrogens is 380 g/mol. The summed E-state index contributed by atoms with van der Waals surface area (Å²) in [6.45, 7) is 1.36. The van der Waals surface area contributed by atoms with Gasteiger partial charge in [0.25, 0.3) is 0 Å². The van der Waals surface area contributed by atoms with Crippen molar-refractivity contribution < 1.29 is 14.3 Å². The van der Waals surface area contributed by atoms with Crippen LogP contribution in [-0.4, -0.2) is 55.1 Å². The highest BCUT2D eigenvalue weighted by Gasteiger charge is 2.23. The molecule has 3 N–H and O–H groups in total. The maximum absolute atomic E-state index is 12.8. The minimum Gasteiger partial charge on any atom is -0.445 e. The van der Waals surface area contributed by atoms with Gasteiger partial charge in [0, 0.05) is 36.6 Å². The standard InChI is InChI=1S/C23H28N4O3/c1-27(2)13-12-24-22(28)21(14-18-15-25-20-11-7-6-10-19(18)20)26-23(29)30-16-17-8-4-3-5-9-17/h3-11,15,21,25H,12-14,16H2,1-2H3,(H,24,28)(H,26,29). The number of fused-ring (bicyclic) bond motifs is 1. The van der Waals surface area contributed by atoms with Gasteiger partial charge in [-0.25, -0.2) is 4.79 Å². The molecule has 2 amide bonds. The molecule has 158 valence electrons. The van der Waals surface area contributed by atoms with E-state index in [0.29, 0.717) is 19.5 Å². The molecule has 0 aliphatic carbocycles. The Bertz CT molecular complexity index is 969. The fourth-order valence-electron chi connectivity index (χ4n) is 3.16. The summed E-state index contributed by atoms with van der Waals surface area (Å²) in [5.74, 6) is -0.237. The van der Waals surface area contributed by atoms with Gasteiger partial charge in [-0.05, 0) is 31.3 Å². The highest BCUT2D eigenvalue weighted by atomic mass is 16.5. The molecule has 3 aromatic rings. The normalized spacial score (nSPS) is 12.0. The molecule has 0 radical (unpaired) electrons. The quantitative estimate of drug-likeness (QED) is 0.508. The Hall–Kier alpha value is -3.32. The van der Waals surface area contributed by atoms with E-state index in [9.17, 15) is 9.59 Å². The first kappa shape index (κ1) is 21.4. The molecule has 3 rings (SSSR count). The van der Waals surface area contributed by atoms with E-state index >= 15 is 0 Å². The SMILES string of the molecule is CN(C)CCNC(=O)C(Cc1c[nH]c2ccccc12)NC(=O)OCc1ccccc1. The summed E-state index contributed by atoms with van der Waals surface area (Å²) in [5.41, 5.74) is 2.84. The molecule has 7 heteroatoms. The number of H-pyrrole nitrogens is 1. The number of ether oxygens (including phenoxy) is 1. The second-order valence-corrected chi connectivity index (χ2v) is 7.42. The van der Waals surface area contributed by atoms with Crippen LogP contribution < -0.4 is 10.6 Å². The number of benzene rings is 2. The Balaban J connectivity index is 1.66. The van der Waals surface area contributed by atoms with Crippen LogP contribution in [0.15, 0.2) is 60.8 Å². The number of nitrogens with zero attached hydrogens (tertiary/aromatic N) is 1. The van der Waals surface area contributed by atoms with Crippen LogP contribution in [0.1, 0.15) is 11.1 Å². The summed E-state index contributed by atoms with van der Waals surface area (Å²) < 4.78 is 5.31. The first-order valence-electron chi connectivity index (χ1n) is 9.97. The number of hydrogen-bond acceptors (Lipinski definition) is 4. The molecule has 1 unspecified atom stereocenters. The minimum atomic E-state index is -0.741. The predicted octanol–water partition coefficient (Wildman–Crippen LogP) is 2.68. The van der Waals surface area contributed by atoms with E-state index in [4.69, 9.17) is 4.74 Å². The summed E-state index contributed by atoms with van der Waals surface area (Å²) in [5, 5.41) is 6.65. The van der Waals surface area contributed by atoms with Gasteiger partial charge in [-0.2, -0.15) is 0 Å². The number of likely N-dealkylation sites (N-methyl/N-ethyl adjacent to an activating group) is 1. The molecule has 0 aliphatic heterocycles. The molecule has 0 saturated carbocycles. The Morgan fingerprint density at radius 1 is 1.07 bits per heavy atom. The van der Waals surface area contributed by atoms with E-state index in [0.717, 1.165) is 22.0 Å². The number of aromatic nitrogens is 1. The van der Waals surface area contributed by atoms with Crippen LogP contribution >= 0.6 is 0 Å². The number of alkyl carbamates (subject to hydrolysis) is 1. The van der Waals surface area contributed by atoms with Crippen LogP contribution in [0.5, 0.6) is 0 Å². The van der Waals surface area contributed by atoms with Gasteiger partial charge in [0.1, 0.15) is 12.6 Å². The average molecular weight is 409 g/mol. The number of rotatable bonds is 9. The van der Waals surface area contributed by atoms with Crippen molar-refractivity contribution in [3.05, 3.63) is 71.9 Å². The molecule has 30 heavy (non-hydrogen) atoms. The van der Waals surface area contributed by atoms with E-state index < -0.39 is 12.1 Å². The van der Waals surface area contributed by atoms with Crippen molar-refractivity contribution in [2.75, 3.05) is 27.2 Å². The van der Waals surface area contributed by atoms with Gasteiger partial charge in [-0.1, -0.05) is 48.5 Å². The molecule has 0 aliphatic rings. The average Bonchev–Trinajstić information content (AvgIpc) is 3.15. The van der Waals surface area contributed by atoms with Crippen LogP contribution in [-0.2, 0) is 22.6 Å². The lowest BCUT2D eigenvalue weighted by Crippen LogP contribution is -2.49. The molecule has 0 fully saturated rings. The van der Waals surface area contributed by atoms with Gasteiger partial charge in [0.15, 0.2) is 0 Å². The maximum atomic E-state index is 12.8. The van der Waals surface area contributed by atoms with Crippen LogP contribution in [0.2, 0.25) is 0 Å². The molecule has 0 spiro atoms. The Kier molecular flexibility index (Phi) is 7.45. The Labute approximate surface area is 176 Å². The molecule has 1 atom stereocenters. The van der Waals surface area contributed by atoms with Crippen LogP contribution in [0.3, 0.4) is 0 Å². The lowest BCUT2D eigenvalue weighted by molar-refractivity contribution is -0.123. The van der Waals surface area contributed by atoms with Crippen molar-refractivity contribution in [2.24, 2.45) is 0 Å². The van der Waals surface area contributed by atoms with Crippen molar-refractivity contribution in [2.45, 2.75) is 19.1 Å². The second kappa shape index (κ2) is 10.5. The fourth-order valence-corrected chi connectivity index (χ4v) is 3.16. The molecule has 1 heterocycles. The number of aromatic amines is 1. The van der Waals surface area contributed by atoms with Crippen LogP contribution in [0.25, 0.3) is 10.9 Å². The highest BCUT2D eigenvalue weighted by molar-refractivity contribution is 5.88. The first-order chi connectivity index (χ1) is 14.5. The van der Waals surface area contributed by atoms with Crippen molar-refractivity contribution in [1.29, 1.82) is 0 Å². The number of amides is 2. The van der Waals surface area contributed by atoms with Gasteiger partial charge in [-0.3, -0.25) is 4.79 Å². The van der Waals surface area contributed by atoms with Crippen molar-refractivity contribution in [3.8, 4) is 0 Å². The molecular formula is C23H28N4O3. The highest BCUT2D eigenvalue weighted by Crippen LogP contribution is 2.19. The molecule has 0 bridgehead atoms. The third-order valence-corrected chi connectivity index (χ3v) is 4.78. The summed E-state index contributed by atoms with van der Waals surface area (Å²) in [6.07, 6.45) is 1.62. The van der Waals surface area contributed by atoms with Gasteiger partial charge in [0.2, 0.25) is 5.91 Å². The molecule has 0 saturated heterocycles. The van der Waals surface area contributed by atoms with Crippen molar-refractivity contribution in [1.82, 2.24) is 20.5 Å². The minimum absolute atomic E-state index is 0.148. The third-order valence-electron chi connectivity index (χ3n) is 4.78. The van der Waals surface area contributed by atoms with Gasteiger partial charge in [0.05, 0.1) is 0 Å². The molecule has 7 nitrogen and oxygen atoms in total. The van der Waals surface area contributed by atoms with E-state index in [2.05, 4.69) is 15.6 Å². The largest absolute Gasteiger partial charge is 0.445 e. The summed E-state index contributed by atoms with van der Waals surface area (Å²) in [6, 6.07) is 16.6. The monoisotopic (exact) mass is 408 g/mol. The number of carbonyl (C=O) groups excluding carboxylic acids is 2. The predicted molar refractivity (Wildman–Crippen MR) is 117 cm³/mol. The zero-order valence-corrected chi connectivity index (χ0v) is 17.4. The van der Waals surface area contributed by atoms with Gasteiger partial charge < -0.3 is 25.3 Å². The fraction of sp³-hybridized carbons (Fsp3) is 0.304. The van der Waals surface area contributed by atoms with Gasteiger partial charge >= 0.3 is 6.09 Å². The number of hydrogen-bond donors (Lipinski definition) is 3. The number of para-hydroxylation sites is 1. The van der Waals surface area contributed by atoms with E-state index in [1.807, 2.05) is 79.8 Å². The van der Waals surface area contributed by atoms with E-state index in [-0.39, 0.29) is 12.5 Å². The van der Waals surface area contributed by atoms with Gasteiger partial charge in [-0.15, -0.1) is 0 Å². The van der Waals surface area contributed by atoms with Crippen LogP contribution in [0, 0.1) is 0 Å². The number of nitrogens with one attached hydrogen (secondary N) is 3. The van der Waals surface area contributed by atoms with Crippen molar-refractivity contribution in [3.63, 3.8) is 0 Å². The molecule has 2 aromatic carbocycles. The van der Waals surface area contributed by atoms with Crippen molar-refractivity contribution >= 4 is 22.9 Å². The lowest BCUT2D eigenvalue weighted by Gasteiger charge is -2.19. The summed E-state index contributed by atoms with van der Waals surface area (Å²) >= 11 is 0. The zero-order valence-electron chi connectivity index (χ0n) is 17.4. The summed E-state index contributed by atoms with van der Waals surface area (Å²) in [7, 11) is 3.88. The Morgan fingerprint density at radius 2 is 1.80 bits per heavy atom. The zero-order chi connectivity index (χ0) is 21.3. The summed E-state index contributed by atoms with van der Waals surface area (Å²) in [4.78, 5) is 30.4. The topological polar surface area (TPSA) is 86.5 Å². The molecule has 1 aromatic heterocycles. The number of carbonyl (C=O) groups is 2. The first-order valence-corrected chi connectivity index (χ1v) is 9.97. The lowest BCUT2D eigenvalue weighted by atomic mass is 10.0. The van der Waals surface area contributed by atoms with E-state index in [1.54, 1.807) is 0 Å². The second-order valence-electron chi connectivity index (χ2n) is 7.42. The Morgan fingerprint density at radius 3 is 2.57 bits per heavy atom. The maximum Gasteiger partial charge on any atom is 0.408 e. The third kappa shape index (κ3) is 6.09. The van der Waals surface area contributed by atoms with Crippen LogP contribution in [0.4, 0.5) is 4.79 Å². The van der Waals surface area contributed by atoms with E-state index in [1.165, 1.54) is 0 Å².